The lowest BCUT2D eigenvalue weighted by molar-refractivity contribution is -0.671. The van der Waals surface area contributed by atoms with Gasteiger partial charge < -0.3 is 30.3 Å². The number of nitrogens with zero attached hydrogens (tertiary/aromatic N) is 2. The molecule has 0 spiro atoms. The summed E-state index contributed by atoms with van der Waals surface area (Å²) >= 11 is 0. The molecule has 6 aromatic rings. The number of phenols is 2. The minimum Gasteiger partial charge on any atom is -0.744 e. The van der Waals surface area contributed by atoms with Gasteiger partial charge in [-0.25, -0.2) is 26.0 Å². The summed E-state index contributed by atoms with van der Waals surface area (Å²) in [5.41, 5.74) is 6.19. The van der Waals surface area contributed by atoms with Gasteiger partial charge in [-0.1, -0.05) is 71.8 Å². The van der Waals surface area contributed by atoms with E-state index in [4.69, 9.17) is 0 Å². The normalized spacial score (nSPS) is 17.2. The zero-order chi connectivity index (χ0) is 39.2. The van der Waals surface area contributed by atoms with Gasteiger partial charge in [0, 0.05) is 36.1 Å². The third-order valence-corrected chi connectivity index (χ3v) is 11.2. The minimum atomic E-state index is -4.27. The molecule has 0 amide bonds. The van der Waals surface area contributed by atoms with Crippen molar-refractivity contribution in [3.63, 3.8) is 0 Å². The fourth-order valence-electron chi connectivity index (χ4n) is 6.77. The number of aromatic nitrogens is 2. The summed E-state index contributed by atoms with van der Waals surface area (Å²) in [5.74, 6) is 1.06. The Morgan fingerprint density at radius 3 is 1.02 bits per heavy atom. The summed E-state index contributed by atoms with van der Waals surface area (Å²) in [6, 6.07) is 35.5. The summed E-state index contributed by atoms with van der Waals surface area (Å²) < 4.78 is 66.4. The van der Waals surface area contributed by atoms with E-state index in [2.05, 4.69) is 49.1 Å². The molecule has 0 radical (unpaired) electrons. The number of benzene rings is 4. The second kappa shape index (κ2) is 18.9. The number of aromatic hydroxyl groups is 2. The van der Waals surface area contributed by atoms with Crippen molar-refractivity contribution in [1.29, 1.82) is 0 Å². The van der Waals surface area contributed by atoms with Gasteiger partial charge in [-0.05, 0) is 84.3 Å². The number of pyridine rings is 2. The molecule has 1 saturated carbocycles. The summed E-state index contributed by atoms with van der Waals surface area (Å²) in [5, 5.41) is 21.6. The van der Waals surface area contributed by atoms with Crippen LogP contribution in [0.5, 0.6) is 11.5 Å². The first kappa shape index (κ1) is 44.9. The van der Waals surface area contributed by atoms with Crippen molar-refractivity contribution in [3.8, 4) is 11.5 Å². The summed E-state index contributed by atoms with van der Waals surface area (Å²) in [6.45, 7) is 3.64. The number of aryl methyl sites for hydroxylation is 4. The highest BCUT2D eigenvalue weighted by Crippen LogP contribution is 2.68. The second-order valence-corrected chi connectivity index (χ2v) is 16.1. The number of rotatable bonds is 6. The molecule has 0 bridgehead atoms. The van der Waals surface area contributed by atoms with E-state index in [1.54, 1.807) is 36.4 Å². The fourth-order valence-corrected chi connectivity index (χ4v) is 7.71. The average molecular weight is 803 g/mol. The van der Waals surface area contributed by atoms with Gasteiger partial charge in [-0.2, -0.15) is 0 Å². The molecule has 0 unspecified atom stereocenters. The van der Waals surface area contributed by atoms with Crippen LogP contribution in [-0.2, 0) is 34.3 Å². The van der Waals surface area contributed by atoms with E-state index >= 15 is 0 Å². The Morgan fingerprint density at radius 1 is 0.464 bits per heavy atom. The Hall–Kier alpha value is -5.48. The van der Waals surface area contributed by atoms with Gasteiger partial charge in [0.25, 0.3) is 0 Å². The zero-order valence-electron chi connectivity index (χ0n) is 31.2. The van der Waals surface area contributed by atoms with Crippen LogP contribution in [0.4, 0.5) is 0 Å². The number of phenolic OH excluding ortho intramolecular Hbond substituents is 2. The molecule has 296 valence electrons. The van der Waals surface area contributed by atoms with Crippen molar-refractivity contribution in [2.75, 3.05) is 0 Å². The van der Waals surface area contributed by atoms with E-state index in [1.807, 2.05) is 73.5 Å². The van der Waals surface area contributed by atoms with Gasteiger partial charge in [-0.3, -0.25) is 0 Å². The van der Waals surface area contributed by atoms with Crippen molar-refractivity contribution in [1.82, 2.24) is 0 Å². The Balaban J connectivity index is 0.000000288. The van der Waals surface area contributed by atoms with Crippen molar-refractivity contribution in [2.45, 2.75) is 47.3 Å². The van der Waals surface area contributed by atoms with Gasteiger partial charge in [0.05, 0.1) is 9.79 Å². The summed E-state index contributed by atoms with van der Waals surface area (Å²) in [4.78, 5) is -0.355. The van der Waals surface area contributed by atoms with Gasteiger partial charge in [0.15, 0.2) is 24.8 Å². The molecule has 7 rings (SSSR count). The number of hydrogen-bond donors (Lipinski definition) is 2. The topological polar surface area (TPSA) is 226 Å². The first-order valence-corrected chi connectivity index (χ1v) is 19.9. The monoisotopic (exact) mass is 802 g/mol. The molecule has 2 heterocycles. The molecule has 6 N–H and O–H groups in total. The van der Waals surface area contributed by atoms with E-state index in [0.717, 1.165) is 22.3 Å². The van der Waals surface area contributed by atoms with Crippen LogP contribution in [0, 0.1) is 13.8 Å². The maximum absolute atomic E-state index is 10.8. The van der Waals surface area contributed by atoms with E-state index in [1.165, 1.54) is 35.4 Å². The predicted molar refractivity (Wildman–Crippen MR) is 208 cm³/mol. The Bertz CT molecular complexity index is 2230. The van der Waals surface area contributed by atoms with Crippen LogP contribution in [0.3, 0.4) is 0 Å². The Morgan fingerprint density at radius 2 is 0.750 bits per heavy atom. The maximum Gasteiger partial charge on any atom is 0.168 e. The third kappa shape index (κ3) is 10.8. The maximum atomic E-state index is 10.8. The average Bonchev–Trinajstić information content (AvgIpc) is 3.11. The van der Waals surface area contributed by atoms with Crippen LogP contribution >= 0.6 is 0 Å². The molecule has 2 aromatic heterocycles. The highest BCUT2D eigenvalue weighted by atomic mass is 32.2. The fraction of sp³-hybridized carbons (Fsp3) is 0.190. The standard InChI is InChI=1S/C28H26N2O2.2C7H8O3S.2H2O/c1-29-15-11-19(12-16-29)25-27(21-7-3-5-9-23(21)31)26(20-13-17-30(2)18-14-20)28(25)22-8-4-6-10-24(22)32;2*1-6-2-4-7(5-3-6)11(8,9)10;;/h3-18,25-28H,1-2H3;2*2-5H,1H3,(H,8,9,10);2*1H2. The van der Waals surface area contributed by atoms with Gasteiger partial charge in [0.2, 0.25) is 0 Å². The molecule has 0 saturated heterocycles. The van der Waals surface area contributed by atoms with E-state index in [0.29, 0.717) is 11.5 Å². The molecular formula is C42H46N2O10S2. The van der Waals surface area contributed by atoms with Crippen molar-refractivity contribution in [3.05, 3.63) is 179 Å². The first-order chi connectivity index (χ1) is 25.5. The number of para-hydroxylation sites is 2. The van der Waals surface area contributed by atoms with Gasteiger partial charge >= 0.3 is 0 Å². The lowest BCUT2D eigenvalue weighted by Crippen LogP contribution is -2.41. The summed E-state index contributed by atoms with van der Waals surface area (Å²) in [6.07, 6.45) is 8.26. The van der Waals surface area contributed by atoms with Crippen LogP contribution in [-0.4, -0.2) is 47.1 Å². The lowest BCUT2D eigenvalue weighted by Gasteiger charge is -2.53. The number of hydrogen-bond acceptors (Lipinski definition) is 8. The highest BCUT2D eigenvalue weighted by molar-refractivity contribution is 7.86. The molecule has 1 fully saturated rings. The molecule has 1 aliphatic rings. The van der Waals surface area contributed by atoms with Crippen LogP contribution in [0.15, 0.2) is 156 Å². The molecule has 14 heteroatoms. The Kier molecular flexibility index (Phi) is 15.2. The SMILES string of the molecule is C[n+]1ccc(C2C(c3ccccc3O)C(c3cc[n+](C)cc3)C2c2ccccc2O)cc1.Cc1ccc(S(=O)(=O)[O-])cc1.Cc1ccc(S(=O)(=O)[O-])cc1.O.O. The summed E-state index contributed by atoms with van der Waals surface area (Å²) in [7, 11) is -4.51. The first-order valence-electron chi connectivity index (χ1n) is 17.1. The highest BCUT2D eigenvalue weighted by Gasteiger charge is 2.54. The largest absolute Gasteiger partial charge is 0.744 e. The molecular weight excluding hydrogens is 757 g/mol. The predicted octanol–water partition coefficient (Wildman–Crippen LogP) is 4.34. The lowest BCUT2D eigenvalue weighted by atomic mass is 9.49. The molecule has 0 atom stereocenters. The molecule has 56 heavy (non-hydrogen) atoms. The van der Waals surface area contributed by atoms with Crippen LogP contribution in [0.1, 0.15) is 57.1 Å². The quantitative estimate of drug-likeness (QED) is 0.181. The third-order valence-electron chi connectivity index (χ3n) is 9.54. The van der Waals surface area contributed by atoms with Crippen molar-refractivity contribution >= 4 is 20.2 Å². The molecule has 12 nitrogen and oxygen atoms in total. The zero-order valence-corrected chi connectivity index (χ0v) is 32.9. The smallest absolute Gasteiger partial charge is 0.168 e. The van der Waals surface area contributed by atoms with Crippen LogP contribution in [0.25, 0.3) is 0 Å². The Labute approximate surface area is 327 Å². The molecule has 4 aromatic carbocycles. The van der Waals surface area contributed by atoms with E-state index in [-0.39, 0.29) is 44.4 Å². The van der Waals surface area contributed by atoms with Gasteiger partial charge in [-0.15, -0.1) is 0 Å². The van der Waals surface area contributed by atoms with Crippen LogP contribution in [0.2, 0.25) is 0 Å². The van der Waals surface area contributed by atoms with E-state index < -0.39 is 20.2 Å². The van der Waals surface area contributed by atoms with Gasteiger partial charge in [0.1, 0.15) is 45.8 Å². The van der Waals surface area contributed by atoms with Crippen molar-refractivity contribution < 1.29 is 56.2 Å². The molecule has 0 aliphatic heterocycles. The van der Waals surface area contributed by atoms with Crippen LogP contribution < -0.4 is 9.13 Å². The van der Waals surface area contributed by atoms with Crippen molar-refractivity contribution in [2.24, 2.45) is 14.1 Å². The minimum absolute atomic E-state index is 0. The second-order valence-electron chi connectivity index (χ2n) is 13.3. The molecule has 1 aliphatic carbocycles. The van der Waals surface area contributed by atoms with E-state index in [9.17, 15) is 36.2 Å².